The molecule has 3 N–H and O–H groups in total. The summed E-state index contributed by atoms with van der Waals surface area (Å²) in [6, 6.07) is 5.27. The summed E-state index contributed by atoms with van der Waals surface area (Å²) in [7, 11) is 0. The van der Waals surface area contributed by atoms with Crippen molar-refractivity contribution in [2.75, 3.05) is 13.1 Å². The molecule has 1 heterocycles. The minimum Gasteiger partial charge on any atom is -0.478 e. The first kappa shape index (κ1) is 14.5. The van der Waals surface area contributed by atoms with Crippen LogP contribution in [0.4, 0.5) is 0 Å². The second-order valence-electron chi connectivity index (χ2n) is 5.06. The highest BCUT2D eigenvalue weighted by molar-refractivity contribution is 5.90. The molecule has 1 amide bonds. The van der Waals surface area contributed by atoms with Crippen LogP contribution >= 0.6 is 0 Å². The summed E-state index contributed by atoms with van der Waals surface area (Å²) in [4.78, 5) is 25.1. The molecule has 0 saturated heterocycles. The topological polar surface area (TPSA) is 83.6 Å². The van der Waals surface area contributed by atoms with Gasteiger partial charge in [-0.1, -0.05) is 12.1 Å². The molecule has 108 valence electrons. The zero-order chi connectivity index (χ0) is 14.5. The second-order valence-corrected chi connectivity index (χ2v) is 5.06. The maximum Gasteiger partial charge on any atom is 0.335 e. The minimum absolute atomic E-state index is 0.129. The number of amides is 1. The summed E-state index contributed by atoms with van der Waals surface area (Å²) in [5.41, 5.74) is 7.59. The van der Waals surface area contributed by atoms with Crippen LogP contribution < -0.4 is 5.73 Å². The molecule has 0 spiro atoms. The van der Waals surface area contributed by atoms with E-state index in [1.165, 1.54) is 0 Å². The first-order valence-corrected chi connectivity index (χ1v) is 6.95. The number of hydrogen-bond acceptors (Lipinski definition) is 3. The molecule has 1 aliphatic heterocycles. The van der Waals surface area contributed by atoms with E-state index < -0.39 is 5.97 Å². The summed E-state index contributed by atoms with van der Waals surface area (Å²) in [6.45, 7) is 1.72. The maximum atomic E-state index is 12.1. The average molecular weight is 276 g/mol. The number of nitrogens with zero attached hydrogens (tertiary/aromatic N) is 1. The number of aromatic carboxylic acids is 1. The van der Waals surface area contributed by atoms with Gasteiger partial charge in [0.15, 0.2) is 0 Å². The van der Waals surface area contributed by atoms with E-state index in [2.05, 4.69) is 0 Å². The summed E-state index contributed by atoms with van der Waals surface area (Å²) in [5, 5.41) is 9.17. The molecule has 1 aromatic rings. The van der Waals surface area contributed by atoms with Gasteiger partial charge in [0.05, 0.1) is 5.56 Å². The molecule has 0 aromatic heterocycles. The number of hydrogen-bond donors (Lipinski definition) is 2. The van der Waals surface area contributed by atoms with E-state index in [1.54, 1.807) is 12.1 Å². The molecule has 2 rings (SSSR count). The Labute approximate surface area is 118 Å². The lowest BCUT2D eigenvalue weighted by molar-refractivity contribution is -0.132. The number of carbonyl (C=O) groups is 2. The minimum atomic E-state index is -0.899. The highest BCUT2D eigenvalue weighted by Gasteiger charge is 2.23. The number of fused-ring (bicyclic) bond motifs is 1. The average Bonchev–Trinajstić information content (AvgIpc) is 2.46. The van der Waals surface area contributed by atoms with Crippen molar-refractivity contribution in [2.45, 2.75) is 32.2 Å². The third-order valence-electron chi connectivity index (χ3n) is 3.69. The summed E-state index contributed by atoms with van der Waals surface area (Å²) in [6.07, 6.45) is 2.80. The van der Waals surface area contributed by atoms with E-state index in [0.29, 0.717) is 38.0 Å². The largest absolute Gasteiger partial charge is 0.478 e. The van der Waals surface area contributed by atoms with E-state index in [4.69, 9.17) is 10.8 Å². The van der Waals surface area contributed by atoms with Gasteiger partial charge in [-0.15, -0.1) is 0 Å². The number of carbonyl (C=O) groups excluding carboxylic acids is 1. The quantitative estimate of drug-likeness (QED) is 0.796. The molecule has 1 aromatic carbocycles. The van der Waals surface area contributed by atoms with Crippen LogP contribution in [-0.4, -0.2) is 35.0 Å². The van der Waals surface area contributed by atoms with Crippen molar-refractivity contribution >= 4 is 11.9 Å². The van der Waals surface area contributed by atoms with Gasteiger partial charge in [0.25, 0.3) is 0 Å². The van der Waals surface area contributed by atoms with Gasteiger partial charge in [-0.2, -0.15) is 0 Å². The van der Waals surface area contributed by atoms with Crippen molar-refractivity contribution in [3.8, 4) is 0 Å². The highest BCUT2D eigenvalue weighted by atomic mass is 16.4. The molecule has 0 saturated carbocycles. The van der Waals surface area contributed by atoms with E-state index in [-0.39, 0.29) is 5.91 Å². The van der Waals surface area contributed by atoms with Gasteiger partial charge in [-0.05, 0) is 43.0 Å². The highest BCUT2D eigenvalue weighted by Crippen LogP contribution is 2.23. The van der Waals surface area contributed by atoms with Gasteiger partial charge < -0.3 is 15.7 Å². The van der Waals surface area contributed by atoms with Crippen LogP contribution in [0.2, 0.25) is 0 Å². The first-order valence-electron chi connectivity index (χ1n) is 6.95. The van der Waals surface area contributed by atoms with Gasteiger partial charge in [0.1, 0.15) is 0 Å². The SMILES string of the molecule is NCCCCC(=O)N1CCc2c(cccc2C(=O)O)C1. The van der Waals surface area contributed by atoms with Gasteiger partial charge >= 0.3 is 5.97 Å². The van der Waals surface area contributed by atoms with Crippen LogP contribution in [0.3, 0.4) is 0 Å². The number of carboxylic acid groups (broad SMARTS) is 1. The van der Waals surface area contributed by atoms with Crippen LogP contribution in [0, 0.1) is 0 Å². The van der Waals surface area contributed by atoms with Gasteiger partial charge in [-0.25, -0.2) is 4.79 Å². The van der Waals surface area contributed by atoms with Crippen molar-refractivity contribution < 1.29 is 14.7 Å². The standard InChI is InChI=1S/C15H20N2O3/c16-8-2-1-6-14(18)17-9-7-12-11(10-17)4-3-5-13(12)15(19)20/h3-5H,1-2,6-10,16H2,(H,19,20). The van der Waals surface area contributed by atoms with Gasteiger partial charge in [0, 0.05) is 19.5 Å². The molecule has 20 heavy (non-hydrogen) atoms. The molecule has 1 aliphatic rings. The fourth-order valence-corrected chi connectivity index (χ4v) is 2.60. The number of nitrogens with two attached hydrogens (primary N) is 1. The van der Waals surface area contributed by atoms with Crippen molar-refractivity contribution in [3.63, 3.8) is 0 Å². The van der Waals surface area contributed by atoms with Gasteiger partial charge in [-0.3, -0.25) is 4.79 Å². The van der Waals surface area contributed by atoms with E-state index in [0.717, 1.165) is 24.0 Å². The molecular weight excluding hydrogens is 256 g/mol. The first-order chi connectivity index (χ1) is 9.63. The lowest BCUT2D eigenvalue weighted by Gasteiger charge is -2.29. The summed E-state index contributed by atoms with van der Waals surface area (Å²) >= 11 is 0. The van der Waals surface area contributed by atoms with E-state index in [9.17, 15) is 9.59 Å². The fourth-order valence-electron chi connectivity index (χ4n) is 2.60. The Morgan fingerprint density at radius 2 is 2.10 bits per heavy atom. The van der Waals surface area contributed by atoms with Crippen LogP contribution in [-0.2, 0) is 17.8 Å². The lowest BCUT2D eigenvalue weighted by atomic mass is 9.94. The molecule has 0 aliphatic carbocycles. The number of benzene rings is 1. The number of carboxylic acids is 1. The molecule has 0 bridgehead atoms. The number of unbranched alkanes of at least 4 members (excludes halogenated alkanes) is 1. The molecule has 0 radical (unpaired) electrons. The number of rotatable bonds is 5. The molecule has 0 unspecified atom stereocenters. The van der Waals surface area contributed by atoms with Crippen LogP contribution in [0.5, 0.6) is 0 Å². The Morgan fingerprint density at radius 1 is 1.30 bits per heavy atom. The smallest absolute Gasteiger partial charge is 0.335 e. The molecule has 5 nitrogen and oxygen atoms in total. The predicted octanol–water partition coefficient (Wildman–Crippen LogP) is 1.40. The van der Waals surface area contributed by atoms with Crippen molar-refractivity contribution in [1.82, 2.24) is 4.90 Å². The monoisotopic (exact) mass is 276 g/mol. The Kier molecular flexibility index (Phi) is 4.74. The summed E-state index contributed by atoms with van der Waals surface area (Å²) < 4.78 is 0. The van der Waals surface area contributed by atoms with Crippen molar-refractivity contribution in [1.29, 1.82) is 0 Å². The third-order valence-corrected chi connectivity index (χ3v) is 3.69. The van der Waals surface area contributed by atoms with Crippen molar-refractivity contribution in [2.24, 2.45) is 5.73 Å². The van der Waals surface area contributed by atoms with Crippen LogP contribution in [0.15, 0.2) is 18.2 Å². The Hall–Kier alpha value is -1.88. The third kappa shape index (κ3) is 3.17. The molecule has 5 heteroatoms. The van der Waals surface area contributed by atoms with E-state index in [1.807, 2.05) is 11.0 Å². The lowest BCUT2D eigenvalue weighted by Crippen LogP contribution is -2.36. The second kappa shape index (κ2) is 6.52. The fraction of sp³-hybridized carbons (Fsp3) is 0.467. The Balaban J connectivity index is 2.06. The Bertz CT molecular complexity index is 514. The molecular formula is C15H20N2O3. The van der Waals surface area contributed by atoms with Gasteiger partial charge in [0.2, 0.25) is 5.91 Å². The molecule has 0 atom stereocenters. The van der Waals surface area contributed by atoms with Crippen LogP contribution in [0.25, 0.3) is 0 Å². The van der Waals surface area contributed by atoms with Crippen molar-refractivity contribution in [3.05, 3.63) is 34.9 Å². The zero-order valence-electron chi connectivity index (χ0n) is 11.5. The predicted molar refractivity (Wildman–Crippen MR) is 75.4 cm³/mol. The zero-order valence-corrected chi connectivity index (χ0v) is 11.5. The Morgan fingerprint density at radius 3 is 2.80 bits per heavy atom. The maximum absolute atomic E-state index is 12.1. The normalized spacial score (nSPS) is 13.9. The molecule has 0 fully saturated rings. The summed E-state index contributed by atoms with van der Waals surface area (Å²) in [5.74, 6) is -0.769. The van der Waals surface area contributed by atoms with E-state index >= 15 is 0 Å². The van der Waals surface area contributed by atoms with Crippen LogP contribution in [0.1, 0.15) is 40.7 Å².